The summed E-state index contributed by atoms with van der Waals surface area (Å²) < 4.78 is 5.21. The normalized spacial score (nSPS) is 12.7. The lowest BCUT2D eigenvalue weighted by atomic mass is 10.00. The molecule has 1 unspecified atom stereocenters. The number of rotatable bonds is 2. The van der Waals surface area contributed by atoms with Gasteiger partial charge >= 0.3 is 0 Å². The van der Waals surface area contributed by atoms with E-state index >= 15 is 0 Å². The summed E-state index contributed by atoms with van der Waals surface area (Å²) in [5.74, 6) is -0.0802. The monoisotopic (exact) mass is 218 g/mol. The van der Waals surface area contributed by atoms with E-state index in [1.807, 2.05) is 25.1 Å². The standard InChI is InChI=1S/C12H14N2O2/c1-8(12(15)14(2)3)9-4-5-10-11(6-9)16-7-13-10/h4-8H,1-3H3. The second-order valence-electron chi connectivity index (χ2n) is 4.03. The Kier molecular flexibility index (Phi) is 2.64. The number of carbonyl (C=O) groups is 1. The van der Waals surface area contributed by atoms with Gasteiger partial charge in [0.2, 0.25) is 5.91 Å². The summed E-state index contributed by atoms with van der Waals surface area (Å²) in [6, 6.07) is 5.65. The first kappa shape index (κ1) is 10.7. The smallest absolute Gasteiger partial charge is 0.229 e. The molecule has 0 aliphatic rings. The third-order valence-electron chi connectivity index (χ3n) is 2.67. The molecule has 0 radical (unpaired) electrons. The third-order valence-corrected chi connectivity index (χ3v) is 2.67. The number of oxazole rings is 1. The van der Waals surface area contributed by atoms with Gasteiger partial charge in [-0.2, -0.15) is 0 Å². The van der Waals surface area contributed by atoms with Gasteiger partial charge in [0.25, 0.3) is 0 Å². The summed E-state index contributed by atoms with van der Waals surface area (Å²) in [5.41, 5.74) is 2.48. The quantitative estimate of drug-likeness (QED) is 0.774. The molecule has 1 aromatic carbocycles. The molecule has 0 fully saturated rings. The number of amides is 1. The number of hydrogen-bond acceptors (Lipinski definition) is 3. The first-order chi connectivity index (χ1) is 7.59. The minimum atomic E-state index is -0.163. The summed E-state index contributed by atoms with van der Waals surface area (Å²) in [7, 11) is 3.51. The van der Waals surface area contributed by atoms with Gasteiger partial charge in [-0.05, 0) is 24.6 Å². The Morgan fingerprint density at radius 2 is 2.19 bits per heavy atom. The lowest BCUT2D eigenvalue weighted by molar-refractivity contribution is -0.129. The average molecular weight is 218 g/mol. The molecule has 4 heteroatoms. The Morgan fingerprint density at radius 3 is 2.88 bits per heavy atom. The van der Waals surface area contributed by atoms with Crippen LogP contribution in [0.1, 0.15) is 18.4 Å². The Labute approximate surface area is 93.9 Å². The van der Waals surface area contributed by atoms with Crippen LogP contribution in [0.2, 0.25) is 0 Å². The number of hydrogen-bond donors (Lipinski definition) is 0. The van der Waals surface area contributed by atoms with Crippen LogP contribution in [-0.4, -0.2) is 29.9 Å². The molecule has 0 bridgehead atoms. The van der Waals surface area contributed by atoms with Crippen molar-refractivity contribution in [3.63, 3.8) is 0 Å². The molecule has 4 nitrogen and oxygen atoms in total. The van der Waals surface area contributed by atoms with Crippen LogP contribution >= 0.6 is 0 Å². The maximum atomic E-state index is 11.8. The number of benzene rings is 1. The van der Waals surface area contributed by atoms with E-state index < -0.39 is 0 Å². The minimum absolute atomic E-state index is 0.0823. The van der Waals surface area contributed by atoms with E-state index in [1.54, 1.807) is 19.0 Å². The van der Waals surface area contributed by atoms with Crippen LogP contribution in [0.5, 0.6) is 0 Å². The van der Waals surface area contributed by atoms with E-state index in [1.165, 1.54) is 6.39 Å². The van der Waals surface area contributed by atoms with Crippen LogP contribution in [0.15, 0.2) is 29.0 Å². The topological polar surface area (TPSA) is 46.3 Å². The Hall–Kier alpha value is -1.84. The first-order valence-corrected chi connectivity index (χ1v) is 5.14. The molecule has 0 aliphatic heterocycles. The van der Waals surface area contributed by atoms with Crippen LogP contribution in [0, 0.1) is 0 Å². The molecule has 2 aromatic rings. The van der Waals surface area contributed by atoms with Crippen molar-refractivity contribution < 1.29 is 9.21 Å². The predicted molar refractivity (Wildman–Crippen MR) is 61.1 cm³/mol. The van der Waals surface area contributed by atoms with Crippen molar-refractivity contribution in [1.29, 1.82) is 0 Å². The van der Waals surface area contributed by atoms with E-state index in [4.69, 9.17) is 4.42 Å². The van der Waals surface area contributed by atoms with Crippen molar-refractivity contribution in [3.05, 3.63) is 30.2 Å². The Balaban J connectivity index is 2.35. The molecule has 0 N–H and O–H groups in total. The van der Waals surface area contributed by atoms with Crippen LogP contribution in [0.25, 0.3) is 11.1 Å². The highest BCUT2D eigenvalue weighted by atomic mass is 16.3. The average Bonchev–Trinajstić information content (AvgIpc) is 2.73. The highest BCUT2D eigenvalue weighted by molar-refractivity contribution is 5.84. The van der Waals surface area contributed by atoms with E-state index in [0.717, 1.165) is 16.7 Å². The summed E-state index contributed by atoms with van der Waals surface area (Å²) in [6.45, 7) is 1.89. The van der Waals surface area contributed by atoms with Gasteiger partial charge in [-0.15, -0.1) is 0 Å². The van der Waals surface area contributed by atoms with Crippen molar-refractivity contribution in [2.24, 2.45) is 0 Å². The highest BCUT2D eigenvalue weighted by Gasteiger charge is 2.17. The lowest BCUT2D eigenvalue weighted by Gasteiger charge is -2.16. The molecule has 0 saturated heterocycles. The van der Waals surface area contributed by atoms with Gasteiger partial charge < -0.3 is 9.32 Å². The van der Waals surface area contributed by atoms with E-state index in [2.05, 4.69) is 4.98 Å². The summed E-state index contributed by atoms with van der Waals surface area (Å²) in [6.07, 6.45) is 1.41. The predicted octanol–water partition coefficient (Wildman–Crippen LogP) is 2.02. The Morgan fingerprint density at radius 1 is 1.44 bits per heavy atom. The fourth-order valence-electron chi connectivity index (χ4n) is 1.67. The van der Waals surface area contributed by atoms with E-state index in [0.29, 0.717) is 0 Å². The maximum Gasteiger partial charge on any atom is 0.229 e. The third kappa shape index (κ3) is 1.78. The number of aromatic nitrogens is 1. The van der Waals surface area contributed by atoms with Crippen LogP contribution in [0.3, 0.4) is 0 Å². The fourth-order valence-corrected chi connectivity index (χ4v) is 1.67. The largest absolute Gasteiger partial charge is 0.443 e. The molecule has 0 aliphatic carbocycles. The number of likely N-dealkylation sites (N-methyl/N-ethyl adjacent to an activating group) is 1. The molecular weight excluding hydrogens is 204 g/mol. The molecule has 84 valence electrons. The fraction of sp³-hybridized carbons (Fsp3) is 0.333. The second-order valence-corrected chi connectivity index (χ2v) is 4.03. The van der Waals surface area contributed by atoms with Gasteiger partial charge in [0.15, 0.2) is 12.0 Å². The molecule has 1 atom stereocenters. The van der Waals surface area contributed by atoms with Gasteiger partial charge in [-0.3, -0.25) is 4.79 Å². The molecule has 0 saturated carbocycles. The van der Waals surface area contributed by atoms with Gasteiger partial charge in [0.05, 0.1) is 5.92 Å². The van der Waals surface area contributed by atoms with Crippen molar-refractivity contribution in [1.82, 2.24) is 9.88 Å². The number of fused-ring (bicyclic) bond motifs is 1. The molecular formula is C12H14N2O2. The summed E-state index contributed by atoms with van der Waals surface area (Å²) >= 11 is 0. The lowest BCUT2D eigenvalue weighted by Crippen LogP contribution is -2.26. The van der Waals surface area contributed by atoms with Crippen LogP contribution < -0.4 is 0 Å². The van der Waals surface area contributed by atoms with Gasteiger partial charge in [-0.1, -0.05) is 6.07 Å². The van der Waals surface area contributed by atoms with E-state index in [-0.39, 0.29) is 11.8 Å². The van der Waals surface area contributed by atoms with Crippen molar-refractivity contribution in [2.75, 3.05) is 14.1 Å². The van der Waals surface area contributed by atoms with Crippen molar-refractivity contribution >= 4 is 17.0 Å². The van der Waals surface area contributed by atoms with Gasteiger partial charge in [0, 0.05) is 14.1 Å². The zero-order valence-corrected chi connectivity index (χ0v) is 9.60. The molecule has 1 amide bonds. The highest BCUT2D eigenvalue weighted by Crippen LogP contribution is 2.22. The van der Waals surface area contributed by atoms with Gasteiger partial charge in [-0.25, -0.2) is 4.98 Å². The minimum Gasteiger partial charge on any atom is -0.443 e. The SMILES string of the molecule is CC(C(=O)N(C)C)c1ccc2ncoc2c1. The van der Waals surface area contributed by atoms with E-state index in [9.17, 15) is 4.79 Å². The molecule has 1 heterocycles. The number of carbonyl (C=O) groups excluding carboxylic acids is 1. The second kappa shape index (κ2) is 3.96. The summed E-state index contributed by atoms with van der Waals surface area (Å²) in [5, 5.41) is 0. The molecule has 0 spiro atoms. The van der Waals surface area contributed by atoms with Crippen LogP contribution in [0.4, 0.5) is 0 Å². The van der Waals surface area contributed by atoms with Crippen LogP contribution in [-0.2, 0) is 4.79 Å². The molecule has 1 aromatic heterocycles. The van der Waals surface area contributed by atoms with Gasteiger partial charge in [0.1, 0.15) is 5.52 Å². The molecule has 2 rings (SSSR count). The maximum absolute atomic E-state index is 11.8. The molecule has 16 heavy (non-hydrogen) atoms. The first-order valence-electron chi connectivity index (χ1n) is 5.14. The zero-order chi connectivity index (χ0) is 11.7. The summed E-state index contributed by atoms with van der Waals surface area (Å²) in [4.78, 5) is 17.4. The Bertz CT molecular complexity index is 516. The van der Waals surface area contributed by atoms with Crippen molar-refractivity contribution in [3.8, 4) is 0 Å². The van der Waals surface area contributed by atoms with Crippen molar-refractivity contribution in [2.45, 2.75) is 12.8 Å². The number of nitrogens with zero attached hydrogens (tertiary/aromatic N) is 2. The zero-order valence-electron chi connectivity index (χ0n) is 9.60.